The summed E-state index contributed by atoms with van der Waals surface area (Å²) in [6.45, 7) is 0. The molecule has 0 bridgehead atoms. The molecule has 5 aromatic rings. The van der Waals surface area contributed by atoms with Crippen LogP contribution in [-0.4, -0.2) is 25.4 Å². The van der Waals surface area contributed by atoms with Gasteiger partial charge in [-0.1, -0.05) is 66.7 Å². The van der Waals surface area contributed by atoms with Gasteiger partial charge in [0, 0.05) is 10.8 Å². The van der Waals surface area contributed by atoms with Gasteiger partial charge in [0.25, 0.3) is 0 Å². The Morgan fingerprint density at radius 2 is 1.41 bits per heavy atom. The predicted molar refractivity (Wildman–Crippen MR) is 143 cm³/mol. The Hall–Kier alpha value is -4.06. The Kier molecular flexibility index (Phi) is 7.26. The van der Waals surface area contributed by atoms with Gasteiger partial charge in [-0.3, -0.25) is 10.1 Å². The zero-order valence-corrected chi connectivity index (χ0v) is 21.1. The molecule has 0 saturated carbocycles. The van der Waals surface area contributed by atoms with Gasteiger partial charge >= 0.3 is 13.6 Å². The summed E-state index contributed by atoms with van der Waals surface area (Å²) in [5.41, 5.74) is 2.39. The Morgan fingerprint density at radius 1 is 0.811 bits per heavy atom. The Bertz CT molecular complexity index is 1510. The third kappa shape index (κ3) is 5.85. The van der Waals surface area contributed by atoms with Crippen LogP contribution >= 0.6 is 7.60 Å². The highest BCUT2D eigenvalue weighted by Crippen LogP contribution is 2.47. The molecule has 1 heterocycles. The van der Waals surface area contributed by atoms with Crippen molar-refractivity contribution in [3.8, 4) is 11.5 Å². The van der Waals surface area contributed by atoms with Crippen LogP contribution in [0, 0.1) is 0 Å². The van der Waals surface area contributed by atoms with Crippen molar-refractivity contribution < 1.29 is 27.6 Å². The number of carbonyl (C=O) groups excluding carboxylic acids is 1. The van der Waals surface area contributed by atoms with E-state index in [-0.39, 0.29) is 12.7 Å². The fraction of sp³-hybridized carbons (Fsp3) is 0.138. The summed E-state index contributed by atoms with van der Waals surface area (Å²) in [5.74, 6) is 0.303. The Labute approximate surface area is 214 Å². The molecule has 7 nitrogen and oxygen atoms in total. The molecule has 1 N–H and O–H groups in total. The second-order valence-corrected chi connectivity index (χ2v) is 10.4. The maximum atomic E-state index is 13.8. The number of methoxy groups -OCH3 is 1. The standard InChI is InChI=1S/C29H26NO6P/c1-33-29(31)26(18-21-16-17-25-24-14-8-9-15-27(24)34-28(25)19-21)30-20-37(32,35-22-10-4-2-5-11-22)36-23-12-6-3-7-13-23/h2-17,19,26,30H,18,20H2,1H3/t26-/m0/s1. The summed E-state index contributed by atoms with van der Waals surface area (Å²) in [5, 5.41) is 5.09. The molecule has 0 aliphatic carbocycles. The van der Waals surface area contributed by atoms with E-state index in [1.54, 1.807) is 48.5 Å². The number of hydrogen-bond donors (Lipinski definition) is 1. The minimum absolute atomic E-state index is 0.219. The zero-order valence-electron chi connectivity index (χ0n) is 20.2. The molecule has 0 amide bonds. The number of hydrogen-bond acceptors (Lipinski definition) is 7. The van der Waals surface area contributed by atoms with Crippen LogP contribution in [0.1, 0.15) is 5.56 Å². The van der Waals surface area contributed by atoms with Gasteiger partial charge < -0.3 is 18.2 Å². The molecule has 188 valence electrons. The van der Waals surface area contributed by atoms with Crippen LogP contribution in [-0.2, 0) is 20.5 Å². The lowest BCUT2D eigenvalue weighted by molar-refractivity contribution is -0.143. The molecular formula is C29H26NO6P. The van der Waals surface area contributed by atoms with Crippen molar-refractivity contribution in [1.82, 2.24) is 5.32 Å². The highest BCUT2D eigenvalue weighted by molar-refractivity contribution is 7.54. The highest BCUT2D eigenvalue weighted by atomic mass is 31.2. The summed E-state index contributed by atoms with van der Waals surface area (Å²) in [4.78, 5) is 12.7. The van der Waals surface area contributed by atoms with Crippen LogP contribution in [0.15, 0.2) is 108 Å². The number of rotatable bonds is 10. The van der Waals surface area contributed by atoms with Crippen LogP contribution in [0.3, 0.4) is 0 Å². The average Bonchev–Trinajstić information content (AvgIpc) is 3.29. The van der Waals surface area contributed by atoms with Crippen LogP contribution in [0.5, 0.6) is 11.5 Å². The molecule has 1 aromatic heterocycles. The van der Waals surface area contributed by atoms with Crippen molar-refractivity contribution >= 4 is 35.5 Å². The number of benzene rings is 4. The predicted octanol–water partition coefficient (Wildman–Crippen LogP) is 6.57. The van der Waals surface area contributed by atoms with Gasteiger partial charge in [0.05, 0.1) is 7.11 Å². The van der Waals surface area contributed by atoms with E-state index in [9.17, 15) is 9.36 Å². The molecule has 0 unspecified atom stereocenters. The molecule has 0 aliphatic heterocycles. The van der Waals surface area contributed by atoms with E-state index in [4.69, 9.17) is 18.2 Å². The lowest BCUT2D eigenvalue weighted by Gasteiger charge is -2.23. The van der Waals surface area contributed by atoms with E-state index in [2.05, 4.69) is 5.32 Å². The molecule has 5 rings (SSSR count). The average molecular weight is 516 g/mol. The lowest BCUT2D eigenvalue weighted by atomic mass is 10.0. The maximum absolute atomic E-state index is 13.8. The maximum Gasteiger partial charge on any atom is 0.444 e. The largest absolute Gasteiger partial charge is 0.468 e. The number of fused-ring (bicyclic) bond motifs is 3. The van der Waals surface area contributed by atoms with Gasteiger partial charge in [0.2, 0.25) is 0 Å². The molecule has 0 fully saturated rings. The smallest absolute Gasteiger partial charge is 0.444 e. The molecule has 0 spiro atoms. The number of esters is 1. The van der Waals surface area contributed by atoms with Crippen molar-refractivity contribution in [2.75, 3.05) is 13.4 Å². The van der Waals surface area contributed by atoms with E-state index in [1.165, 1.54) is 7.11 Å². The SMILES string of the molecule is COC(=O)[C@H](Cc1ccc2c(c1)oc1ccccc12)NCP(=O)(Oc1ccccc1)Oc1ccccc1. The Balaban J connectivity index is 1.37. The fourth-order valence-electron chi connectivity index (χ4n) is 4.10. The fourth-order valence-corrected chi connectivity index (χ4v) is 5.60. The summed E-state index contributed by atoms with van der Waals surface area (Å²) in [6, 6.07) is 30.4. The van der Waals surface area contributed by atoms with Crippen LogP contribution in [0.25, 0.3) is 21.9 Å². The zero-order chi connectivity index (χ0) is 25.7. The number of ether oxygens (including phenoxy) is 1. The van der Waals surface area contributed by atoms with Crippen LogP contribution < -0.4 is 14.4 Å². The normalized spacial score (nSPS) is 12.4. The summed E-state index contributed by atoms with van der Waals surface area (Å²) < 4.78 is 36.5. The van der Waals surface area contributed by atoms with E-state index in [0.29, 0.717) is 11.5 Å². The van der Waals surface area contributed by atoms with Gasteiger partial charge in [-0.15, -0.1) is 0 Å². The topological polar surface area (TPSA) is 87.0 Å². The van der Waals surface area contributed by atoms with Crippen molar-refractivity contribution in [2.45, 2.75) is 12.5 Å². The number of carbonyl (C=O) groups is 1. The van der Waals surface area contributed by atoms with E-state index >= 15 is 0 Å². The van der Waals surface area contributed by atoms with E-state index < -0.39 is 19.6 Å². The van der Waals surface area contributed by atoms with Gasteiger partial charge in [-0.05, 0) is 48.4 Å². The molecule has 1 atom stereocenters. The van der Waals surface area contributed by atoms with E-state index in [0.717, 1.165) is 27.5 Å². The van der Waals surface area contributed by atoms with Crippen molar-refractivity contribution in [1.29, 1.82) is 0 Å². The summed E-state index contributed by atoms with van der Waals surface area (Å²) in [7, 11) is -2.45. The highest BCUT2D eigenvalue weighted by Gasteiger charge is 2.31. The first-order chi connectivity index (χ1) is 18.0. The number of para-hydroxylation sites is 3. The molecule has 8 heteroatoms. The van der Waals surface area contributed by atoms with Crippen molar-refractivity contribution in [2.24, 2.45) is 0 Å². The first-order valence-electron chi connectivity index (χ1n) is 11.8. The minimum Gasteiger partial charge on any atom is -0.468 e. The van der Waals surface area contributed by atoms with Crippen LogP contribution in [0.2, 0.25) is 0 Å². The third-order valence-electron chi connectivity index (χ3n) is 5.88. The summed E-state index contributed by atoms with van der Waals surface area (Å²) in [6.07, 6.45) is 0.0692. The second kappa shape index (κ2) is 10.9. The first kappa shape index (κ1) is 24.6. The van der Waals surface area contributed by atoms with Crippen LogP contribution in [0.4, 0.5) is 0 Å². The third-order valence-corrected chi connectivity index (χ3v) is 7.42. The Morgan fingerprint density at radius 3 is 2.05 bits per heavy atom. The second-order valence-electron chi connectivity index (χ2n) is 8.49. The lowest BCUT2D eigenvalue weighted by Crippen LogP contribution is -2.40. The van der Waals surface area contributed by atoms with Gasteiger partial charge in [0.15, 0.2) is 0 Å². The number of furan rings is 1. The molecule has 37 heavy (non-hydrogen) atoms. The van der Waals surface area contributed by atoms with E-state index in [1.807, 2.05) is 54.6 Å². The monoisotopic (exact) mass is 515 g/mol. The van der Waals surface area contributed by atoms with Gasteiger partial charge in [-0.2, -0.15) is 0 Å². The van der Waals surface area contributed by atoms with Crippen molar-refractivity contribution in [3.05, 3.63) is 109 Å². The molecule has 0 saturated heterocycles. The molecule has 0 aliphatic rings. The molecular weight excluding hydrogens is 489 g/mol. The number of nitrogens with one attached hydrogen (secondary N) is 1. The molecule has 0 radical (unpaired) electrons. The quantitative estimate of drug-likeness (QED) is 0.166. The first-order valence-corrected chi connectivity index (χ1v) is 13.6. The van der Waals surface area contributed by atoms with Gasteiger partial charge in [-0.25, -0.2) is 4.57 Å². The minimum atomic E-state index is -3.77. The molecule has 4 aromatic carbocycles. The summed E-state index contributed by atoms with van der Waals surface area (Å²) >= 11 is 0. The van der Waals surface area contributed by atoms with Gasteiger partial charge in [0.1, 0.15) is 35.0 Å². The van der Waals surface area contributed by atoms with Crippen molar-refractivity contribution in [3.63, 3.8) is 0 Å².